The molecule has 0 spiro atoms. The van der Waals surface area contributed by atoms with Gasteiger partial charge in [0.25, 0.3) is 0 Å². The monoisotopic (exact) mass is 442 g/mol. The first-order chi connectivity index (χ1) is 15.7. The van der Waals surface area contributed by atoms with E-state index in [-0.39, 0.29) is 5.92 Å². The zero-order valence-electron chi connectivity index (χ0n) is 19.4. The van der Waals surface area contributed by atoms with Gasteiger partial charge in [0.05, 0.1) is 0 Å². The van der Waals surface area contributed by atoms with Gasteiger partial charge in [0.1, 0.15) is 0 Å². The molecule has 1 aromatic heterocycles. The molecule has 1 saturated carbocycles. The number of carbonyl (C=O) groups excluding carboxylic acids is 1. The maximum Gasteiger partial charge on any atom is 0.225 e. The third-order valence-electron chi connectivity index (χ3n) is 6.92. The molecule has 1 atom stereocenters. The van der Waals surface area contributed by atoms with Crippen molar-refractivity contribution in [2.24, 2.45) is 10.9 Å². The molecule has 2 aliphatic heterocycles. The molecule has 9 heteroatoms. The quantitative estimate of drug-likeness (QED) is 0.369. The van der Waals surface area contributed by atoms with E-state index in [1.165, 1.54) is 12.8 Å². The summed E-state index contributed by atoms with van der Waals surface area (Å²) in [5.74, 6) is 2.32. The minimum atomic E-state index is 0.272. The second-order valence-corrected chi connectivity index (χ2v) is 9.13. The molecule has 32 heavy (non-hydrogen) atoms. The van der Waals surface area contributed by atoms with Crippen molar-refractivity contribution in [2.45, 2.75) is 44.6 Å². The number of nitrogens with one attached hydrogen (secondary N) is 2. The number of aromatic nitrogens is 2. The van der Waals surface area contributed by atoms with Crippen LogP contribution in [0.2, 0.25) is 0 Å². The number of hydrogen-bond donors (Lipinski definition) is 2. The first kappa shape index (κ1) is 22.8. The highest BCUT2D eigenvalue weighted by Gasteiger charge is 2.32. The van der Waals surface area contributed by atoms with E-state index in [1.807, 2.05) is 13.1 Å². The van der Waals surface area contributed by atoms with Crippen molar-refractivity contribution < 1.29 is 4.79 Å². The van der Waals surface area contributed by atoms with Crippen LogP contribution in [0.1, 0.15) is 38.5 Å². The van der Waals surface area contributed by atoms with E-state index in [0.717, 1.165) is 89.9 Å². The van der Waals surface area contributed by atoms with E-state index in [0.29, 0.717) is 11.9 Å². The Kier molecular flexibility index (Phi) is 8.14. The van der Waals surface area contributed by atoms with Crippen molar-refractivity contribution in [3.63, 3.8) is 0 Å². The van der Waals surface area contributed by atoms with Crippen molar-refractivity contribution in [1.29, 1.82) is 0 Å². The van der Waals surface area contributed by atoms with Crippen LogP contribution in [0.5, 0.6) is 0 Å². The van der Waals surface area contributed by atoms with Crippen LogP contribution in [0.3, 0.4) is 0 Å². The van der Waals surface area contributed by atoms with Gasteiger partial charge in [0, 0.05) is 77.2 Å². The Labute approximate surface area is 191 Å². The number of likely N-dealkylation sites (tertiary alicyclic amines) is 1. The summed E-state index contributed by atoms with van der Waals surface area (Å²) >= 11 is 0. The highest BCUT2D eigenvalue weighted by molar-refractivity contribution is 5.81. The number of carbonyl (C=O) groups is 1. The van der Waals surface area contributed by atoms with Gasteiger partial charge in [-0.25, -0.2) is 9.97 Å². The van der Waals surface area contributed by atoms with Gasteiger partial charge < -0.3 is 20.4 Å². The number of aliphatic imine (C=N–C) groups is 1. The summed E-state index contributed by atoms with van der Waals surface area (Å²) in [6.45, 7) is 7.64. The molecule has 1 aromatic rings. The van der Waals surface area contributed by atoms with Crippen LogP contribution in [-0.4, -0.2) is 97.1 Å². The SMILES string of the molecule is CN=C(NCCCN1CCN(c2ncccn2)CC1)NC1CCN(C(=O)C2CCCC2)C1. The van der Waals surface area contributed by atoms with E-state index in [1.54, 1.807) is 12.4 Å². The van der Waals surface area contributed by atoms with Gasteiger partial charge in [0.2, 0.25) is 11.9 Å². The summed E-state index contributed by atoms with van der Waals surface area (Å²) in [5, 5.41) is 6.96. The number of piperazine rings is 1. The number of rotatable bonds is 7. The lowest BCUT2D eigenvalue weighted by Crippen LogP contribution is -2.48. The molecular weight excluding hydrogens is 404 g/mol. The molecular formula is C23H38N8O. The maximum absolute atomic E-state index is 12.6. The summed E-state index contributed by atoms with van der Waals surface area (Å²) in [4.78, 5) is 32.5. The van der Waals surface area contributed by atoms with Gasteiger partial charge in [-0.2, -0.15) is 0 Å². The van der Waals surface area contributed by atoms with E-state index in [4.69, 9.17) is 0 Å². The van der Waals surface area contributed by atoms with Crippen LogP contribution < -0.4 is 15.5 Å². The Hall–Kier alpha value is -2.42. The average Bonchev–Trinajstić information content (AvgIpc) is 3.54. The summed E-state index contributed by atoms with van der Waals surface area (Å²) in [5.41, 5.74) is 0. The lowest BCUT2D eigenvalue weighted by atomic mass is 10.1. The van der Waals surface area contributed by atoms with Crippen molar-refractivity contribution >= 4 is 17.8 Å². The second kappa shape index (κ2) is 11.4. The van der Waals surface area contributed by atoms with Gasteiger partial charge in [-0.3, -0.25) is 14.7 Å². The molecule has 0 bridgehead atoms. The van der Waals surface area contributed by atoms with Gasteiger partial charge in [-0.05, 0) is 38.3 Å². The Balaban J connectivity index is 1.10. The average molecular weight is 443 g/mol. The van der Waals surface area contributed by atoms with Gasteiger partial charge >= 0.3 is 0 Å². The zero-order valence-corrected chi connectivity index (χ0v) is 19.4. The minimum Gasteiger partial charge on any atom is -0.356 e. The molecule has 2 saturated heterocycles. The van der Waals surface area contributed by atoms with E-state index in [2.05, 4.69) is 40.3 Å². The molecule has 9 nitrogen and oxygen atoms in total. The van der Waals surface area contributed by atoms with E-state index >= 15 is 0 Å². The summed E-state index contributed by atoms with van der Waals surface area (Å²) in [6, 6.07) is 2.15. The molecule has 3 heterocycles. The lowest BCUT2D eigenvalue weighted by molar-refractivity contribution is -0.134. The zero-order chi connectivity index (χ0) is 22.2. The maximum atomic E-state index is 12.6. The molecule has 0 radical (unpaired) electrons. The molecule has 3 aliphatic rings. The molecule has 2 N–H and O–H groups in total. The van der Waals surface area contributed by atoms with Crippen LogP contribution in [0.4, 0.5) is 5.95 Å². The van der Waals surface area contributed by atoms with Crippen LogP contribution in [-0.2, 0) is 4.79 Å². The number of anilines is 1. The van der Waals surface area contributed by atoms with Crippen LogP contribution in [0.25, 0.3) is 0 Å². The summed E-state index contributed by atoms with van der Waals surface area (Å²) < 4.78 is 0. The topological polar surface area (TPSA) is 89.0 Å². The predicted molar refractivity (Wildman–Crippen MR) is 127 cm³/mol. The molecule has 176 valence electrons. The standard InChI is InChI=1S/C23H38N8O/c1-24-22(28-20-8-13-31(18-20)21(32)19-6-2-3-7-19)25-11-5-12-29-14-16-30(17-15-29)23-26-9-4-10-27-23/h4,9-10,19-20H,2-3,5-8,11-18H2,1H3,(H2,24,25,28). The number of hydrogen-bond acceptors (Lipinski definition) is 6. The van der Waals surface area contributed by atoms with Crippen LogP contribution in [0, 0.1) is 5.92 Å². The van der Waals surface area contributed by atoms with Crippen LogP contribution in [0.15, 0.2) is 23.5 Å². The number of nitrogens with zero attached hydrogens (tertiary/aromatic N) is 6. The van der Waals surface area contributed by atoms with E-state index < -0.39 is 0 Å². The molecule has 1 aliphatic carbocycles. The molecule has 3 fully saturated rings. The Morgan fingerprint density at radius 3 is 2.56 bits per heavy atom. The Morgan fingerprint density at radius 1 is 1.09 bits per heavy atom. The molecule has 4 rings (SSSR count). The van der Waals surface area contributed by atoms with Crippen molar-refractivity contribution in [1.82, 2.24) is 30.4 Å². The van der Waals surface area contributed by atoms with Crippen molar-refractivity contribution in [3.05, 3.63) is 18.5 Å². The highest BCUT2D eigenvalue weighted by atomic mass is 16.2. The first-order valence-electron chi connectivity index (χ1n) is 12.2. The Morgan fingerprint density at radius 2 is 1.84 bits per heavy atom. The first-order valence-corrected chi connectivity index (χ1v) is 12.2. The van der Waals surface area contributed by atoms with Crippen LogP contribution >= 0.6 is 0 Å². The largest absolute Gasteiger partial charge is 0.356 e. The highest BCUT2D eigenvalue weighted by Crippen LogP contribution is 2.27. The summed E-state index contributed by atoms with van der Waals surface area (Å²) in [6.07, 6.45) is 10.2. The fourth-order valence-electron chi connectivity index (χ4n) is 5.03. The second-order valence-electron chi connectivity index (χ2n) is 9.13. The third kappa shape index (κ3) is 6.09. The lowest BCUT2D eigenvalue weighted by Gasteiger charge is -2.34. The molecule has 1 amide bonds. The fourth-order valence-corrected chi connectivity index (χ4v) is 5.03. The molecule has 0 aromatic carbocycles. The van der Waals surface area contributed by atoms with Gasteiger partial charge in [0.15, 0.2) is 5.96 Å². The van der Waals surface area contributed by atoms with Gasteiger partial charge in [-0.1, -0.05) is 12.8 Å². The van der Waals surface area contributed by atoms with Crippen molar-refractivity contribution in [2.75, 3.05) is 64.3 Å². The van der Waals surface area contributed by atoms with Gasteiger partial charge in [-0.15, -0.1) is 0 Å². The fraction of sp³-hybridized carbons (Fsp3) is 0.739. The van der Waals surface area contributed by atoms with E-state index in [9.17, 15) is 4.79 Å². The molecule has 1 unspecified atom stereocenters. The minimum absolute atomic E-state index is 0.272. The number of guanidine groups is 1. The predicted octanol–water partition coefficient (Wildman–Crippen LogP) is 0.945. The normalized spacial score (nSPS) is 23.0. The Bertz CT molecular complexity index is 744. The van der Waals surface area contributed by atoms with Crippen molar-refractivity contribution in [3.8, 4) is 0 Å². The number of amides is 1. The third-order valence-corrected chi connectivity index (χ3v) is 6.92. The summed E-state index contributed by atoms with van der Waals surface area (Å²) in [7, 11) is 1.82. The smallest absolute Gasteiger partial charge is 0.225 e.